The zero-order chi connectivity index (χ0) is 17.2. The fourth-order valence-electron chi connectivity index (χ4n) is 2.14. The molecule has 0 fully saturated rings. The second-order valence-corrected chi connectivity index (χ2v) is 6.17. The fourth-order valence-corrected chi connectivity index (χ4v) is 2.14. The minimum Gasteiger partial charge on any atom is -0.463 e. The highest BCUT2D eigenvalue weighted by Gasteiger charge is 2.03. The van der Waals surface area contributed by atoms with Gasteiger partial charge in [0, 0.05) is 6.42 Å². The summed E-state index contributed by atoms with van der Waals surface area (Å²) < 4.78 is 5.10. The van der Waals surface area contributed by atoms with Crippen LogP contribution in [-0.2, 0) is 9.53 Å². The molecule has 0 amide bonds. The Morgan fingerprint density at radius 3 is 1.87 bits per heavy atom. The monoisotopic (exact) mass is 320 g/mol. The summed E-state index contributed by atoms with van der Waals surface area (Å²) in [5, 5.41) is 0. The zero-order valence-corrected chi connectivity index (χ0v) is 15.4. The van der Waals surface area contributed by atoms with Crippen molar-refractivity contribution in [1.82, 2.24) is 0 Å². The first-order valence-corrected chi connectivity index (χ1v) is 9.31. The average molecular weight is 321 g/mol. The average Bonchev–Trinajstić information content (AvgIpc) is 2.50. The van der Waals surface area contributed by atoms with Crippen LogP contribution in [0.3, 0.4) is 0 Å². The zero-order valence-electron chi connectivity index (χ0n) is 15.4. The van der Waals surface area contributed by atoms with Gasteiger partial charge < -0.3 is 4.74 Å². The van der Waals surface area contributed by atoms with Gasteiger partial charge in [0.1, 0.15) is 0 Å². The molecule has 0 saturated heterocycles. The predicted octanol–water partition coefficient (Wildman–Crippen LogP) is 6.53. The normalized spacial score (nSPS) is 12.2. The summed E-state index contributed by atoms with van der Waals surface area (Å²) in [4.78, 5) is 11.3. The van der Waals surface area contributed by atoms with Crippen LogP contribution in [0.5, 0.6) is 0 Å². The molecule has 0 aromatic carbocycles. The fraction of sp³-hybridized carbons (Fsp3) is 0.667. The molecular formula is C21H36O2. The third kappa shape index (κ3) is 18.6. The van der Waals surface area contributed by atoms with E-state index >= 15 is 0 Å². The molecule has 2 nitrogen and oxygen atoms in total. The van der Waals surface area contributed by atoms with E-state index < -0.39 is 0 Å². The summed E-state index contributed by atoms with van der Waals surface area (Å²) in [7, 11) is 0. The highest BCUT2D eigenvalue weighted by Crippen LogP contribution is 2.04. The van der Waals surface area contributed by atoms with Crippen molar-refractivity contribution in [3.8, 4) is 0 Å². The summed E-state index contributed by atoms with van der Waals surface area (Å²) in [6.45, 7) is 6.01. The molecular weight excluding hydrogens is 284 g/mol. The standard InChI is InChI=1S/C21H36O2/c1-4-5-6-7-8-9-10-11-12-13-14-15-16-17-18-19-21(22)23-20(2)3/h8-9,11-12,14-15,20H,4-7,10,13,16-19H2,1-3H3/b9-8-,12-11-,15-14-. The number of carbonyl (C=O) groups is 1. The van der Waals surface area contributed by atoms with Crippen molar-refractivity contribution >= 4 is 5.97 Å². The number of carbonyl (C=O) groups excluding carboxylic acids is 1. The highest BCUT2D eigenvalue weighted by atomic mass is 16.5. The van der Waals surface area contributed by atoms with E-state index in [0.717, 1.165) is 32.1 Å². The SMILES string of the molecule is CCCCC/C=C\C/C=C\C/C=C\CCCCC(=O)OC(C)C. The van der Waals surface area contributed by atoms with Gasteiger partial charge in [-0.05, 0) is 58.8 Å². The molecule has 0 bridgehead atoms. The molecule has 0 radical (unpaired) electrons. The van der Waals surface area contributed by atoms with E-state index in [9.17, 15) is 4.79 Å². The van der Waals surface area contributed by atoms with Crippen molar-refractivity contribution in [3.05, 3.63) is 36.5 Å². The molecule has 0 aromatic rings. The number of unbranched alkanes of at least 4 members (excludes halogenated alkanes) is 5. The Labute approximate surface area is 143 Å². The molecule has 0 rings (SSSR count). The van der Waals surface area contributed by atoms with E-state index in [0.29, 0.717) is 6.42 Å². The lowest BCUT2D eigenvalue weighted by Gasteiger charge is -2.06. The van der Waals surface area contributed by atoms with Gasteiger partial charge in [0.2, 0.25) is 0 Å². The van der Waals surface area contributed by atoms with Gasteiger partial charge in [-0.2, -0.15) is 0 Å². The molecule has 23 heavy (non-hydrogen) atoms. The lowest BCUT2D eigenvalue weighted by atomic mass is 10.1. The summed E-state index contributed by atoms with van der Waals surface area (Å²) in [5.74, 6) is -0.0744. The topological polar surface area (TPSA) is 26.3 Å². The van der Waals surface area contributed by atoms with Crippen molar-refractivity contribution in [2.24, 2.45) is 0 Å². The van der Waals surface area contributed by atoms with Crippen molar-refractivity contribution in [2.45, 2.75) is 91.1 Å². The van der Waals surface area contributed by atoms with Crippen LogP contribution in [0.15, 0.2) is 36.5 Å². The lowest BCUT2D eigenvalue weighted by molar-refractivity contribution is -0.147. The minimum absolute atomic E-state index is 0.000341. The quantitative estimate of drug-likeness (QED) is 0.207. The number of hydrogen-bond donors (Lipinski definition) is 0. The van der Waals surface area contributed by atoms with Crippen molar-refractivity contribution in [1.29, 1.82) is 0 Å². The van der Waals surface area contributed by atoms with Gasteiger partial charge in [0.05, 0.1) is 6.10 Å². The van der Waals surface area contributed by atoms with Crippen LogP contribution < -0.4 is 0 Å². The first-order chi connectivity index (χ1) is 11.2. The summed E-state index contributed by atoms with van der Waals surface area (Å²) in [6.07, 6.45) is 24.1. The Bertz CT molecular complexity index is 351. The maximum absolute atomic E-state index is 11.3. The number of hydrogen-bond acceptors (Lipinski definition) is 2. The van der Waals surface area contributed by atoms with E-state index in [1.54, 1.807) is 0 Å². The molecule has 132 valence electrons. The largest absolute Gasteiger partial charge is 0.463 e. The molecule has 0 unspecified atom stereocenters. The smallest absolute Gasteiger partial charge is 0.306 e. The molecule has 0 aliphatic heterocycles. The third-order valence-corrected chi connectivity index (χ3v) is 3.39. The van der Waals surface area contributed by atoms with E-state index in [1.165, 1.54) is 25.7 Å². The van der Waals surface area contributed by atoms with Crippen LogP contribution in [0.25, 0.3) is 0 Å². The summed E-state index contributed by atoms with van der Waals surface area (Å²) in [6, 6.07) is 0. The number of allylic oxidation sites excluding steroid dienone is 6. The molecule has 0 atom stereocenters. The van der Waals surface area contributed by atoms with Gasteiger partial charge in [0.15, 0.2) is 0 Å². The van der Waals surface area contributed by atoms with Crippen molar-refractivity contribution < 1.29 is 9.53 Å². The van der Waals surface area contributed by atoms with Gasteiger partial charge in [-0.25, -0.2) is 0 Å². The van der Waals surface area contributed by atoms with E-state index in [4.69, 9.17) is 4.74 Å². The lowest BCUT2D eigenvalue weighted by Crippen LogP contribution is -2.10. The third-order valence-electron chi connectivity index (χ3n) is 3.39. The van der Waals surface area contributed by atoms with Gasteiger partial charge in [-0.1, -0.05) is 56.2 Å². The molecule has 0 saturated carbocycles. The Morgan fingerprint density at radius 1 is 0.826 bits per heavy atom. The van der Waals surface area contributed by atoms with Crippen LogP contribution in [0, 0.1) is 0 Å². The Kier molecular flexibility index (Phi) is 16.1. The second kappa shape index (κ2) is 17.1. The van der Waals surface area contributed by atoms with Crippen LogP contribution in [0.1, 0.15) is 85.0 Å². The van der Waals surface area contributed by atoms with Gasteiger partial charge in [-0.3, -0.25) is 4.79 Å². The molecule has 0 N–H and O–H groups in total. The summed E-state index contributed by atoms with van der Waals surface area (Å²) >= 11 is 0. The first kappa shape index (κ1) is 21.7. The van der Waals surface area contributed by atoms with Gasteiger partial charge in [-0.15, -0.1) is 0 Å². The Hall–Kier alpha value is -1.31. The molecule has 2 heteroatoms. The minimum atomic E-state index is -0.0744. The number of rotatable bonds is 14. The van der Waals surface area contributed by atoms with Gasteiger partial charge in [0.25, 0.3) is 0 Å². The maximum Gasteiger partial charge on any atom is 0.306 e. The van der Waals surface area contributed by atoms with E-state index in [2.05, 4.69) is 43.4 Å². The van der Waals surface area contributed by atoms with Crippen molar-refractivity contribution in [2.75, 3.05) is 0 Å². The van der Waals surface area contributed by atoms with Crippen LogP contribution in [0.4, 0.5) is 0 Å². The second-order valence-electron chi connectivity index (χ2n) is 6.17. The molecule has 0 heterocycles. The number of esters is 1. The molecule has 0 aromatic heterocycles. The Balaban J connectivity index is 3.40. The van der Waals surface area contributed by atoms with Gasteiger partial charge >= 0.3 is 5.97 Å². The first-order valence-electron chi connectivity index (χ1n) is 9.31. The van der Waals surface area contributed by atoms with Crippen molar-refractivity contribution in [3.63, 3.8) is 0 Å². The molecule has 0 aliphatic rings. The molecule has 0 aliphatic carbocycles. The predicted molar refractivity (Wildman–Crippen MR) is 100 cm³/mol. The maximum atomic E-state index is 11.3. The molecule has 0 spiro atoms. The van der Waals surface area contributed by atoms with Crippen LogP contribution in [0.2, 0.25) is 0 Å². The van der Waals surface area contributed by atoms with E-state index in [-0.39, 0.29) is 12.1 Å². The van der Waals surface area contributed by atoms with Crippen LogP contribution >= 0.6 is 0 Å². The van der Waals surface area contributed by atoms with Crippen LogP contribution in [-0.4, -0.2) is 12.1 Å². The Morgan fingerprint density at radius 2 is 1.35 bits per heavy atom. The highest BCUT2D eigenvalue weighted by molar-refractivity contribution is 5.69. The summed E-state index contributed by atoms with van der Waals surface area (Å²) in [5.41, 5.74) is 0. The van der Waals surface area contributed by atoms with E-state index in [1.807, 2.05) is 13.8 Å². The number of ether oxygens (including phenoxy) is 1.